The van der Waals surface area contributed by atoms with Gasteiger partial charge in [-0.1, -0.05) is 34.1 Å². The van der Waals surface area contributed by atoms with Gasteiger partial charge in [0.1, 0.15) is 0 Å². The quantitative estimate of drug-likeness (QED) is 0.717. The summed E-state index contributed by atoms with van der Waals surface area (Å²) in [5.41, 5.74) is 4.83. The molecule has 0 bridgehead atoms. The van der Waals surface area contributed by atoms with E-state index in [1.54, 1.807) is 16.7 Å². The van der Waals surface area contributed by atoms with Gasteiger partial charge in [-0.25, -0.2) is 0 Å². The van der Waals surface area contributed by atoms with Crippen LogP contribution in [0.25, 0.3) is 0 Å². The molecule has 1 atom stereocenters. The highest BCUT2D eigenvalue weighted by Gasteiger charge is 2.31. The van der Waals surface area contributed by atoms with Crippen LogP contribution in [-0.4, -0.2) is 5.33 Å². The largest absolute Gasteiger partial charge is 0.0921 e. The van der Waals surface area contributed by atoms with Crippen LogP contribution in [0.1, 0.15) is 48.3 Å². The summed E-state index contributed by atoms with van der Waals surface area (Å²) >= 11 is 3.69. The number of hydrogen-bond acceptors (Lipinski definition) is 0. The molecule has 0 spiro atoms. The molecule has 0 N–H and O–H groups in total. The molecule has 0 saturated heterocycles. The van der Waals surface area contributed by atoms with Gasteiger partial charge in [0, 0.05) is 5.33 Å². The number of rotatable bonds is 3. The van der Waals surface area contributed by atoms with E-state index in [4.69, 9.17) is 0 Å². The van der Waals surface area contributed by atoms with Crippen molar-refractivity contribution < 1.29 is 0 Å². The minimum Gasteiger partial charge on any atom is -0.0921 e. The second-order valence-corrected chi connectivity index (χ2v) is 5.98. The van der Waals surface area contributed by atoms with Crippen LogP contribution in [0.3, 0.4) is 0 Å². The van der Waals surface area contributed by atoms with Crippen molar-refractivity contribution in [1.29, 1.82) is 0 Å². The molecule has 16 heavy (non-hydrogen) atoms. The topological polar surface area (TPSA) is 0 Å². The molecule has 0 radical (unpaired) electrons. The second-order valence-electron chi connectivity index (χ2n) is 5.33. The van der Waals surface area contributed by atoms with Crippen molar-refractivity contribution in [2.24, 2.45) is 5.92 Å². The summed E-state index contributed by atoms with van der Waals surface area (Å²) < 4.78 is 0. The zero-order valence-corrected chi connectivity index (χ0v) is 11.3. The van der Waals surface area contributed by atoms with E-state index in [0.29, 0.717) is 0 Å². The first-order valence-electron chi connectivity index (χ1n) is 6.56. The second kappa shape index (κ2) is 4.52. The fourth-order valence-electron chi connectivity index (χ4n) is 2.97. The molecule has 3 rings (SSSR count). The predicted octanol–water partition coefficient (Wildman–Crippen LogP) is 4.45. The third-order valence-electron chi connectivity index (χ3n) is 4.16. The average molecular weight is 279 g/mol. The van der Waals surface area contributed by atoms with Crippen LogP contribution in [0.4, 0.5) is 0 Å². The Kier molecular flexibility index (Phi) is 3.06. The Morgan fingerprint density at radius 1 is 1.12 bits per heavy atom. The summed E-state index contributed by atoms with van der Waals surface area (Å²) in [5, 5.41) is 1.14. The maximum absolute atomic E-state index is 3.69. The minimum absolute atomic E-state index is 0.771. The molecular weight excluding hydrogens is 260 g/mol. The highest BCUT2D eigenvalue weighted by Crippen LogP contribution is 2.44. The summed E-state index contributed by atoms with van der Waals surface area (Å²) in [6.45, 7) is 0. The predicted molar refractivity (Wildman–Crippen MR) is 72.3 cm³/mol. The zero-order chi connectivity index (χ0) is 11.0. The van der Waals surface area contributed by atoms with Gasteiger partial charge in [-0.15, -0.1) is 0 Å². The monoisotopic (exact) mass is 278 g/mol. The lowest BCUT2D eigenvalue weighted by molar-refractivity contribution is 0.660. The molecule has 1 fully saturated rings. The SMILES string of the molecule is BrCC(c1ccc2c(c1)CCCC2)C1CC1. The standard InChI is InChI=1S/C15H19Br/c16-10-15(12-6-7-12)14-8-5-11-3-1-2-4-13(11)9-14/h5,8-9,12,15H,1-4,6-7,10H2. The fourth-order valence-corrected chi connectivity index (χ4v) is 3.87. The van der Waals surface area contributed by atoms with Gasteiger partial charge in [0.25, 0.3) is 0 Å². The summed E-state index contributed by atoms with van der Waals surface area (Å²) in [6.07, 6.45) is 8.26. The van der Waals surface area contributed by atoms with Crippen LogP contribution in [-0.2, 0) is 12.8 Å². The van der Waals surface area contributed by atoms with Crippen molar-refractivity contribution in [1.82, 2.24) is 0 Å². The molecule has 2 aliphatic rings. The van der Waals surface area contributed by atoms with Crippen LogP contribution in [0.5, 0.6) is 0 Å². The van der Waals surface area contributed by atoms with E-state index in [2.05, 4.69) is 34.1 Å². The molecule has 0 aliphatic heterocycles. The first-order valence-corrected chi connectivity index (χ1v) is 7.68. The van der Waals surface area contributed by atoms with Crippen molar-refractivity contribution in [3.63, 3.8) is 0 Å². The number of alkyl halides is 1. The van der Waals surface area contributed by atoms with Gasteiger partial charge in [-0.3, -0.25) is 0 Å². The van der Waals surface area contributed by atoms with E-state index in [1.807, 2.05) is 0 Å². The molecule has 1 aromatic rings. The lowest BCUT2D eigenvalue weighted by atomic mass is 9.87. The molecule has 0 nitrogen and oxygen atoms in total. The van der Waals surface area contributed by atoms with Gasteiger partial charge in [-0.05, 0) is 67.1 Å². The Morgan fingerprint density at radius 3 is 2.56 bits per heavy atom. The van der Waals surface area contributed by atoms with E-state index in [0.717, 1.165) is 17.2 Å². The van der Waals surface area contributed by atoms with Gasteiger partial charge in [0.05, 0.1) is 0 Å². The smallest absolute Gasteiger partial charge is 0.0103 e. The molecule has 1 aromatic carbocycles. The fraction of sp³-hybridized carbons (Fsp3) is 0.600. The lowest BCUT2D eigenvalue weighted by Gasteiger charge is -2.20. The van der Waals surface area contributed by atoms with E-state index in [1.165, 1.54) is 38.5 Å². The Morgan fingerprint density at radius 2 is 1.88 bits per heavy atom. The molecule has 86 valence electrons. The van der Waals surface area contributed by atoms with Crippen LogP contribution in [0, 0.1) is 5.92 Å². The van der Waals surface area contributed by atoms with E-state index >= 15 is 0 Å². The van der Waals surface area contributed by atoms with Gasteiger partial charge in [0.2, 0.25) is 0 Å². The summed E-state index contributed by atoms with van der Waals surface area (Å²) in [6, 6.07) is 7.27. The van der Waals surface area contributed by atoms with Crippen molar-refractivity contribution in [2.75, 3.05) is 5.33 Å². The Balaban J connectivity index is 1.89. The molecule has 1 unspecified atom stereocenters. The molecule has 0 heterocycles. The molecule has 0 amide bonds. The summed E-state index contributed by atoms with van der Waals surface area (Å²) in [4.78, 5) is 0. The molecule has 1 saturated carbocycles. The van der Waals surface area contributed by atoms with Gasteiger partial charge >= 0.3 is 0 Å². The van der Waals surface area contributed by atoms with Crippen LogP contribution < -0.4 is 0 Å². The normalized spacial score (nSPS) is 21.6. The van der Waals surface area contributed by atoms with Crippen molar-refractivity contribution in [3.8, 4) is 0 Å². The minimum atomic E-state index is 0.771. The summed E-state index contributed by atoms with van der Waals surface area (Å²) in [5.74, 6) is 1.73. The van der Waals surface area contributed by atoms with Crippen LogP contribution >= 0.6 is 15.9 Å². The van der Waals surface area contributed by atoms with Crippen LogP contribution in [0.2, 0.25) is 0 Å². The molecule has 0 aromatic heterocycles. The van der Waals surface area contributed by atoms with Crippen LogP contribution in [0.15, 0.2) is 18.2 Å². The number of fused-ring (bicyclic) bond motifs is 1. The Bertz CT molecular complexity index is 379. The average Bonchev–Trinajstić information content (AvgIpc) is 3.14. The lowest BCUT2D eigenvalue weighted by Crippen LogP contribution is -2.07. The van der Waals surface area contributed by atoms with Gasteiger partial charge in [-0.2, -0.15) is 0 Å². The highest BCUT2D eigenvalue weighted by atomic mass is 79.9. The van der Waals surface area contributed by atoms with E-state index in [9.17, 15) is 0 Å². The number of halogens is 1. The third kappa shape index (κ3) is 2.07. The highest BCUT2D eigenvalue weighted by molar-refractivity contribution is 9.09. The van der Waals surface area contributed by atoms with Crippen molar-refractivity contribution in [3.05, 3.63) is 34.9 Å². The van der Waals surface area contributed by atoms with Crippen molar-refractivity contribution >= 4 is 15.9 Å². The number of benzene rings is 1. The van der Waals surface area contributed by atoms with E-state index in [-0.39, 0.29) is 0 Å². The Labute approximate surface area is 107 Å². The molecular formula is C15H19Br. The first kappa shape index (κ1) is 10.8. The van der Waals surface area contributed by atoms with Gasteiger partial charge < -0.3 is 0 Å². The third-order valence-corrected chi connectivity index (χ3v) is 4.86. The van der Waals surface area contributed by atoms with Gasteiger partial charge in [0.15, 0.2) is 0 Å². The molecule has 2 aliphatic carbocycles. The zero-order valence-electron chi connectivity index (χ0n) is 9.71. The Hall–Kier alpha value is -0.300. The van der Waals surface area contributed by atoms with Crippen molar-refractivity contribution in [2.45, 2.75) is 44.4 Å². The number of hydrogen-bond donors (Lipinski definition) is 0. The summed E-state index contributed by atoms with van der Waals surface area (Å²) in [7, 11) is 0. The first-order chi connectivity index (χ1) is 7.88. The molecule has 1 heteroatoms. The number of aryl methyl sites for hydroxylation is 2. The van der Waals surface area contributed by atoms with E-state index < -0.39 is 0 Å². The maximum Gasteiger partial charge on any atom is 0.0103 e. The maximum atomic E-state index is 3.69.